The Kier molecular flexibility index (Phi) is 6.72. The van der Waals surface area contributed by atoms with Crippen LogP contribution in [0.4, 0.5) is 0 Å². The van der Waals surface area contributed by atoms with Crippen molar-refractivity contribution in [1.82, 2.24) is 0 Å². The number of rotatable bonds is 7. The van der Waals surface area contributed by atoms with Crippen LogP contribution < -0.4 is 0 Å². The van der Waals surface area contributed by atoms with E-state index in [0.717, 1.165) is 5.57 Å². The Labute approximate surface area is 188 Å². The Morgan fingerprint density at radius 1 is 0.906 bits per heavy atom. The van der Waals surface area contributed by atoms with Gasteiger partial charge in [-0.25, -0.2) is 9.59 Å². The fraction of sp³-hybridized carbons (Fsp3) is 0.385. The average molecular weight is 437 g/mol. The molecule has 0 saturated carbocycles. The second-order valence-corrected chi connectivity index (χ2v) is 8.06. The summed E-state index contributed by atoms with van der Waals surface area (Å²) < 4.78 is 23.9. The number of ether oxygens (including phenoxy) is 4. The monoisotopic (exact) mass is 436 g/mol. The Hall–Kier alpha value is -2.96. The van der Waals surface area contributed by atoms with Gasteiger partial charge in [-0.05, 0) is 48.8 Å². The summed E-state index contributed by atoms with van der Waals surface area (Å²) in [5, 5.41) is 0. The van der Waals surface area contributed by atoms with Gasteiger partial charge in [-0.2, -0.15) is 0 Å². The molecule has 2 aromatic carbocycles. The number of carbonyl (C=O) groups is 2. The smallest absolute Gasteiger partial charge is 0.338 e. The SMILES string of the molecule is CCC1(CC)O[C@H]2[C@@H](OC(=O)c3ccccc3)C=C(COC(=O)c3ccccc3)C[C@H]2O1. The zero-order valence-corrected chi connectivity index (χ0v) is 18.4. The summed E-state index contributed by atoms with van der Waals surface area (Å²) in [7, 11) is 0. The summed E-state index contributed by atoms with van der Waals surface area (Å²) in [5.41, 5.74) is 1.80. The van der Waals surface area contributed by atoms with Crippen LogP contribution in [-0.2, 0) is 18.9 Å². The topological polar surface area (TPSA) is 71.1 Å². The van der Waals surface area contributed by atoms with Gasteiger partial charge >= 0.3 is 11.9 Å². The first-order valence-corrected chi connectivity index (χ1v) is 11.1. The van der Waals surface area contributed by atoms with Crippen LogP contribution >= 0.6 is 0 Å². The first-order valence-electron chi connectivity index (χ1n) is 11.1. The summed E-state index contributed by atoms with van der Waals surface area (Å²) in [6.45, 7) is 4.13. The molecule has 1 aliphatic heterocycles. The zero-order chi connectivity index (χ0) is 22.6. The number of carbonyl (C=O) groups excluding carboxylic acids is 2. The zero-order valence-electron chi connectivity index (χ0n) is 18.4. The van der Waals surface area contributed by atoms with Gasteiger partial charge in [0.05, 0.1) is 17.2 Å². The van der Waals surface area contributed by atoms with Crippen LogP contribution in [0.3, 0.4) is 0 Å². The van der Waals surface area contributed by atoms with Crippen LogP contribution in [0.15, 0.2) is 72.3 Å². The van der Waals surface area contributed by atoms with Crippen molar-refractivity contribution in [2.75, 3.05) is 6.61 Å². The molecule has 32 heavy (non-hydrogen) atoms. The maximum Gasteiger partial charge on any atom is 0.338 e. The molecule has 0 amide bonds. The van der Waals surface area contributed by atoms with Gasteiger partial charge in [0.15, 0.2) is 5.79 Å². The summed E-state index contributed by atoms with van der Waals surface area (Å²) in [6, 6.07) is 17.7. The van der Waals surface area contributed by atoms with Crippen LogP contribution in [0.1, 0.15) is 53.8 Å². The number of hydrogen-bond donors (Lipinski definition) is 0. The highest BCUT2D eigenvalue weighted by Gasteiger charge is 2.51. The third kappa shape index (κ3) is 4.76. The molecule has 0 bridgehead atoms. The van der Waals surface area contributed by atoms with E-state index < -0.39 is 29.9 Å². The third-order valence-corrected chi connectivity index (χ3v) is 6.00. The number of esters is 2. The summed E-state index contributed by atoms with van der Waals surface area (Å²) in [5.74, 6) is -1.52. The van der Waals surface area contributed by atoms with E-state index >= 15 is 0 Å². The molecule has 0 aromatic heterocycles. The van der Waals surface area contributed by atoms with Crippen molar-refractivity contribution in [2.45, 2.75) is 57.2 Å². The molecule has 0 radical (unpaired) electrons. The molecular formula is C26H28O6. The molecule has 6 heteroatoms. The lowest BCUT2D eigenvalue weighted by atomic mass is 9.92. The third-order valence-electron chi connectivity index (χ3n) is 6.00. The van der Waals surface area contributed by atoms with Gasteiger partial charge in [-0.15, -0.1) is 0 Å². The Balaban J connectivity index is 1.51. The lowest BCUT2D eigenvalue weighted by Gasteiger charge is -2.30. The van der Waals surface area contributed by atoms with Crippen LogP contribution in [-0.4, -0.2) is 42.6 Å². The van der Waals surface area contributed by atoms with Crippen molar-refractivity contribution in [2.24, 2.45) is 0 Å². The van der Waals surface area contributed by atoms with Gasteiger partial charge in [0, 0.05) is 6.42 Å². The van der Waals surface area contributed by atoms with Gasteiger partial charge in [0.2, 0.25) is 0 Å². The second-order valence-electron chi connectivity index (χ2n) is 8.06. The maximum atomic E-state index is 12.7. The quantitative estimate of drug-likeness (QED) is 0.463. The van der Waals surface area contributed by atoms with Crippen molar-refractivity contribution in [3.63, 3.8) is 0 Å². The maximum absolute atomic E-state index is 12.7. The van der Waals surface area contributed by atoms with Crippen molar-refractivity contribution >= 4 is 11.9 Å². The molecule has 6 nitrogen and oxygen atoms in total. The minimum Gasteiger partial charge on any atom is -0.458 e. The number of hydrogen-bond acceptors (Lipinski definition) is 6. The number of fused-ring (bicyclic) bond motifs is 1. The summed E-state index contributed by atoms with van der Waals surface area (Å²) in [4.78, 5) is 25.1. The molecule has 1 heterocycles. The highest BCUT2D eigenvalue weighted by molar-refractivity contribution is 5.90. The van der Waals surface area contributed by atoms with Crippen molar-refractivity contribution in [1.29, 1.82) is 0 Å². The minimum atomic E-state index is -0.698. The fourth-order valence-electron chi connectivity index (χ4n) is 4.16. The van der Waals surface area contributed by atoms with E-state index in [1.54, 1.807) is 48.5 Å². The van der Waals surface area contributed by atoms with Crippen molar-refractivity contribution < 1.29 is 28.5 Å². The van der Waals surface area contributed by atoms with E-state index in [1.807, 2.05) is 32.1 Å². The van der Waals surface area contributed by atoms with Crippen LogP contribution in [0.25, 0.3) is 0 Å². The average Bonchev–Trinajstić information content (AvgIpc) is 3.23. The molecule has 1 aliphatic carbocycles. The highest BCUT2D eigenvalue weighted by Crippen LogP contribution is 2.41. The van der Waals surface area contributed by atoms with Crippen molar-refractivity contribution in [3.8, 4) is 0 Å². The van der Waals surface area contributed by atoms with E-state index in [0.29, 0.717) is 30.4 Å². The summed E-state index contributed by atoms with van der Waals surface area (Å²) >= 11 is 0. The molecular weight excluding hydrogens is 408 g/mol. The van der Waals surface area contributed by atoms with E-state index in [4.69, 9.17) is 18.9 Å². The molecule has 4 rings (SSSR count). The van der Waals surface area contributed by atoms with Crippen LogP contribution in [0.5, 0.6) is 0 Å². The fourth-order valence-corrected chi connectivity index (χ4v) is 4.16. The molecule has 1 saturated heterocycles. The van der Waals surface area contributed by atoms with E-state index in [1.165, 1.54) is 0 Å². The number of benzene rings is 2. The lowest BCUT2D eigenvalue weighted by molar-refractivity contribution is -0.183. The van der Waals surface area contributed by atoms with Gasteiger partial charge in [0.25, 0.3) is 0 Å². The molecule has 0 unspecified atom stereocenters. The van der Waals surface area contributed by atoms with E-state index in [-0.39, 0.29) is 12.7 Å². The van der Waals surface area contributed by atoms with E-state index in [2.05, 4.69) is 0 Å². The van der Waals surface area contributed by atoms with Gasteiger partial charge < -0.3 is 18.9 Å². The molecule has 168 valence electrons. The highest BCUT2D eigenvalue weighted by atomic mass is 16.8. The van der Waals surface area contributed by atoms with Gasteiger partial charge in [-0.1, -0.05) is 50.2 Å². The van der Waals surface area contributed by atoms with Crippen LogP contribution in [0.2, 0.25) is 0 Å². The molecule has 2 aromatic rings. The standard InChI is InChI=1S/C26H28O6/c1-3-26(4-2)31-22-16-18(17-29-24(27)19-11-7-5-8-12-19)15-21(23(22)32-26)30-25(28)20-13-9-6-10-14-20/h5-15,21-23H,3-4,16-17H2,1-2H3/t21-,22+,23-/m0/s1. The molecule has 0 spiro atoms. The van der Waals surface area contributed by atoms with Gasteiger partial charge in [-0.3, -0.25) is 0 Å². The molecule has 2 aliphatic rings. The molecule has 3 atom stereocenters. The Morgan fingerprint density at radius 3 is 2.09 bits per heavy atom. The van der Waals surface area contributed by atoms with Crippen LogP contribution in [0, 0.1) is 0 Å². The van der Waals surface area contributed by atoms with E-state index in [9.17, 15) is 9.59 Å². The Morgan fingerprint density at radius 2 is 1.50 bits per heavy atom. The first-order chi connectivity index (χ1) is 15.5. The normalized spacial score (nSPS) is 23.7. The van der Waals surface area contributed by atoms with Crippen molar-refractivity contribution in [3.05, 3.63) is 83.4 Å². The minimum absolute atomic E-state index is 0.102. The predicted octanol–water partition coefficient (Wildman–Crippen LogP) is 4.70. The largest absolute Gasteiger partial charge is 0.458 e. The first kappa shape index (κ1) is 22.2. The lowest BCUT2D eigenvalue weighted by Crippen LogP contribution is -2.41. The predicted molar refractivity (Wildman–Crippen MR) is 118 cm³/mol. The second kappa shape index (κ2) is 9.67. The molecule has 0 N–H and O–H groups in total. The Bertz CT molecular complexity index is 964. The van der Waals surface area contributed by atoms with Gasteiger partial charge in [0.1, 0.15) is 18.8 Å². The summed E-state index contributed by atoms with van der Waals surface area (Å²) in [6.07, 6.45) is 2.45. The molecule has 1 fully saturated rings.